The summed E-state index contributed by atoms with van der Waals surface area (Å²) in [5, 5.41) is 50.0. The van der Waals surface area contributed by atoms with Crippen molar-refractivity contribution in [3.8, 4) is 5.75 Å². The van der Waals surface area contributed by atoms with Crippen molar-refractivity contribution < 1.29 is 77.6 Å². The number of aliphatic carboxylic acids is 2. The maximum absolute atomic E-state index is 14.7. The van der Waals surface area contributed by atoms with Crippen LogP contribution in [0.4, 0.5) is 0 Å². The Morgan fingerprint density at radius 3 is 1.68 bits per heavy atom. The zero-order valence-electron chi connectivity index (χ0n) is 53.2. The molecule has 0 radical (unpaired) electrons. The normalized spacial score (nSPS) is 16.9. The van der Waals surface area contributed by atoms with E-state index in [0.717, 1.165) is 4.90 Å². The molecule has 4 rings (SSSR count). The number of benzene rings is 2. The third-order valence-electron chi connectivity index (χ3n) is 15.5. The van der Waals surface area contributed by atoms with Crippen LogP contribution in [0, 0.1) is 5.92 Å². The minimum absolute atomic E-state index is 0.00578. The van der Waals surface area contributed by atoms with Crippen molar-refractivity contribution in [2.75, 3.05) is 44.7 Å². The Kier molecular flexibility index (Phi) is 32.4. The summed E-state index contributed by atoms with van der Waals surface area (Å²) >= 11 is 1.38. The number of nitrogens with one attached hydrogen (secondary N) is 8. The van der Waals surface area contributed by atoms with Gasteiger partial charge in [0, 0.05) is 32.5 Å². The fraction of sp³-hybridized carbons (Fsp3) is 0.574. The van der Waals surface area contributed by atoms with Crippen LogP contribution >= 0.6 is 11.8 Å². The van der Waals surface area contributed by atoms with Crippen LogP contribution in [0.5, 0.6) is 5.75 Å². The van der Waals surface area contributed by atoms with Crippen molar-refractivity contribution in [3.63, 3.8) is 0 Å². The molecule has 2 aromatic rings. The summed E-state index contributed by atoms with van der Waals surface area (Å²) < 4.78 is 0. The molecule has 21 N–H and O–H groups in total. The number of unbranched alkanes of at least 4 members (excludes halogenated alkanes) is 1. The number of phenols is 1. The summed E-state index contributed by atoms with van der Waals surface area (Å²) in [5.41, 5.74) is 29.3. The van der Waals surface area contributed by atoms with Gasteiger partial charge >= 0.3 is 11.9 Å². The van der Waals surface area contributed by atoms with Gasteiger partial charge in [0.05, 0.1) is 25.4 Å². The number of primary amides is 1. The first kappa shape index (κ1) is 77.3. The van der Waals surface area contributed by atoms with E-state index in [1.54, 1.807) is 50.4 Å². The second-order valence-corrected chi connectivity index (χ2v) is 24.5. The lowest BCUT2D eigenvalue weighted by Gasteiger charge is -2.31. The highest BCUT2D eigenvalue weighted by atomic mass is 32.2. The summed E-state index contributed by atoms with van der Waals surface area (Å²) in [7, 11) is 0. The quantitative estimate of drug-likeness (QED) is 0.0174. The molecule has 0 bridgehead atoms. The molecule has 2 heterocycles. The van der Waals surface area contributed by atoms with Crippen LogP contribution in [-0.2, 0) is 75.2 Å². The number of likely N-dealkylation sites (tertiary alicyclic amines) is 2. The molecule has 0 saturated carbocycles. The van der Waals surface area contributed by atoms with Crippen LogP contribution < -0.4 is 71.2 Å². The number of thioether (sulfide) groups is 1. The molecular weight excluding hydrogens is 1240 g/mol. The Balaban J connectivity index is 1.59. The van der Waals surface area contributed by atoms with Gasteiger partial charge in [0.1, 0.15) is 60.1 Å². The molecule has 0 unspecified atom stereocenters. The highest BCUT2D eigenvalue weighted by Crippen LogP contribution is 2.23. The number of carboxylic acids is 2. The first-order valence-electron chi connectivity index (χ1n) is 31.2. The number of phenolic OH excluding ortho intramolecular Hbond substituents is 1. The van der Waals surface area contributed by atoms with E-state index < -0.39 is 157 Å². The maximum Gasteiger partial charge on any atom is 0.326 e. The van der Waals surface area contributed by atoms with Gasteiger partial charge in [-0.15, -0.1) is 0 Å². The zero-order chi connectivity index (χ0) is 69.6. The van der Waals surface area contributed by atoms with E-state index >= 15 is 0 Å². The first-order valence-corrected chi connectivity index (χ1v) is 32.6. The molecular formula is C61H92N16O16S. The molecule has 11 amide bonds. The number of hydrogen-bond acceptors (Lipinski definition) is 18. The highest BCUT2D eigenvalue weighted by Gasteiger charge is 2.43. The van der Waals surface area contributed by atoms with Gasteiger partial charge in [-0.25, -0.2) is 4.79 Å². The van der Waals surface area contributed by atoms with Crippen LogP contribution in [-0.4, -0.2) is 213 Å². The van der Waals surface area contributed by atoms with Gasteiger partial charge in [-0.1, -0.05) is 62.7 Å². The lowest BCUT2D eigenvalue weighted by Crippen LogP contribution is -2.60. The van der Waals surface area contributed by atoms with Gasteiger partial charge in [0.15, 0.2) is 5.96 Å². The van der Waals surface area contributed by atoms with E-state index in [-0.39, 0.29) is 95.0 Å². The fourth-order valence-electron chi connectivity index (χ4n) is 10.7. The second kappa shape index (κ2) is 39.4. The fourth-order valence-corrected chi connectivity index (χ4v) is 11.2. The van der Waals surface area contributed by atoms with Crippen LogP contribution in [0.1, 0.15) is 108 Å². The number of nitrogens with two attached hydrogens (primary N) is 5. The Hall–Kier alpha value is -9.11. The number of rotatable bonds is 40. The SMILES string of the molecule is CSCC[C@H](NC(=O)[C@H](CC(C)C)NC(=O)CNC(=O)[C@H](Cc1ccc(O)cc1)NC(=O)[C@H](Cc1ccccc1)NC(=O)[C@H](CCCN=C(N)N)NC(=O)[C@H](CC(=O)O)NC(=O)[C@@H]1CCCN1C(=O)[C@H](CC(N)=O)NC(=O)[C@@H]1CCCN1C(=O)[C@@H](N)CCCCN)C(=O)O. The average Bonchev–Trinajstić information content (AvgIpc) is 1.60. The number of amides is 11. The number of nitrogens with zero attached hydrogens (tertiary/aromatic N) is 3. The predicted octanol–water partition coefficient (Wildman–Crippen LogP) is -3.59. The van der Waals surface area contributed by atoms with Crippen molar-refractivity contribution in [1.82, 2.24) is 52.3 Å². The lowest BCUT2D eigenvalue weighted by molar-refractivity contribution is -0.145. The molecule has 10 atom stereocenters. The van der Waals surface area contributed by atoms with Crippen LogP contribution in [0.3, 0.4) is 0 Å². The van der Waals surface area contributed by atoms with Crippen LogP contribution in [0.25, 0.3) is 0 Å². The van der Waals surface area contributed by atoms with Gasteiger partial charge in [-0.05, 0) is 112 Å². The number of carbonyl (C=O) groups is 13. The van der Waals surface area contributed by atoms with Crippen LogP contribution in [0.15, 0.2) is 59.6 Å². The van der Waals surface area contributed by atoms with Crippen molar-refractivity contribution in [1.29, 1.82) is 0 Å². The average molecular weight is 1340 g/mol. The minimum Gasteiger partial charge on any atom is -0.508 e. The van der Waals surface area contributed by atoms with E-state index in [4.69, 9.17) is 28.7 Å². The number of guanidine groups is 1. The van der Waals surface area contributed by atoms with Crippen molar-refractivity contribution >= 4 is 94.6 Å². The Labute approximate surface area is 548 Å². The molecule has 0 aromatic heterocycles. The minimum atomic E-state index is -1.92. The lowest BCUT2D eigenvalue weighted by atomic mass is 10.0. The number of carboxylic acid groups (broad SMARTS) is 2. The van der Waals surface area contributed by atoms with Gasteiger partial charge in [0.25, 0.3) is 0 Å². The number of hydrogen-bond donors (Lipinski definition) is 16. The summed E-state index contributed by atoms with van der Waals surface area (Å²) in [5.74, 6) is -12.8. The van der Waals surface area contributed by atoms with E-state index in [0.29, 0.717) is 49.1 Å². The molecule has 2 saturated heterocycles. The largest absolute Gasteiger partial charge is 0.508 e. The summed E-state index contributed by atoms with van der Waals surface area (Å²) in [6, 6.07) is -0.0999. The van der Waals surface area contributed by atoms with Gasteiger partial charge in [-0.3, -0.25) is 62.5 Å². The molecule has 0 aliphatic carbocycles. The predicted molar refractivity (Wildman–Crippen MR) is 345 cm³/mol. The molecule has 518 valence electrons. The van der Waals surface area contributed by atoms with E-state index in [9.17, 15) is 77.6 Å². The van der Waals surface area contributed by atoms with Crippen molar-refractivity contribution in [2.45, 2.75) is 171 Å². The van der Waals surface area contributed by atoms with E-state index in [1.807, 2.05) is 0 Å². The van der Waals surface area contributed by atoms with Gasteiger partial charge < -0.3 is 96.3 Å². The van der Waals surface area contributed by atoms with Crippen molar-refractivity contribution in [2.24, 2.45) is 39.6 Å². The molecule has 2 aliphatic rings. The first-order chi connectivity index (χ1) is 44.6. The number of carbonyl (C=O) groups excluding carboxylic acids is 11. The summed E-state index contributed by atoms with van der Waals surface area (Å²) in [4.78, 5) is 183. The number of aromatic hydroxyl groups is 1. The van der Waals surface area contributed by atoms with Crippen molar-refractivity contribution in [3.05, 3.63) is 65.7 Å². The second-order valence-electron chi connectivity index (χ2n) is 23.5. The highest BCUT2D eigenvalue weighted by molar-refractivity contribution is 7.98. The Bertz CT molecular complexity index is 2980. The maximum atomic E-state index is 14.7. The molecule has 2 aliphatic heterocycles. The molecule has 2 fully saturated rings. The summed E-state index contributed by atoms with van der Waals surface area (Å²) in [6.45, 7) is 3.27. The Morgan fingerprint density at radius 1 is 0.596 bits per heavy atom. The molecule has 94 heavy (non-hydrogen) atoms. The third-order valence-corrected chi connectivity index (χ3v) is 16.1. The standard InChI is InChI=1S/C61H92N16O16S/c1-34(2)28-41(53(85)71-40(60(92)93)22-27-94-3)69-49(80)33-68-51(83)42(30-36-18-20-37(78)21-19-36)72-54(86)43(29-35-12-5-4-6-13-35)73-52(84)39(15-9-24-67-61(65)66)70-55(87)44(32-50(81)82)74-56(88)47-17-11-26-77(47)59(91)45(31-48(64)79)75-57(89)46-16-10-25-76(46)58(90)38(63)14-7-8-23-62/h4-6,12-13,18-21,34,38-47,78H,7-11,14-17,22-33,62-63H2,1-3H3,(H2,64,79)(H,68,83)(H,69,80)(H,70,87)(H,71,85)(H,72,86)(H,73,84)(H,74,88)(H,75,89)(H,81,82)(H,92,93)(H4,65,66,67)/t38-,39-,40-,41-,42-,43-,44-,45-,46-,47-/m0/s1. The van der Waals surface area contributed by atoms with E-state index in [1.165, 1.54) is 40.9 Å². The molecule has 32 nitrogen and oxygen atoms in total. The third kappa shape index (κ3) is 26.1. The monoisotopic (exact) mass is 1340 g/mol. The van der Waals surface area contributed by atoms with Crippen LogP contribution in [0.2, 0.25) is 0 Å². The molecule has 2 aromatic carbocycles. The van der Waals surface area contributed by atoms with E-state index in [2.05, 4.69) is 47.5 Å². The Morgan fingerprint density at radius 2 is 1.13 bits per heavy atom. The molecule has 33 heteroatoms. The summed E-state index contributed by atoms with van der Waals surface area (Å²) in [6.07, 6.45) is 1.85. The topological polar surface area (TPSA) is 528 Å². The zero-order valence-corrected chi connectivity index (χ0v) is 54.0. The molecule has 0 spiro atoms. The van der Waals surface area contributed by atoms with Gasteiger partial charge in [0.2, 0.25) is 65.0 Å². The number of aliphatic imine (C=N–C) groups is 1. The smallest absolute Gasteiger partial charge is 0.326 e. The van der Waals surface area contributed by atoms with Gasteiger partial charge in [-0.2, -0.15) is 11.8 Å².